The first-order valence-corrected chi connectivity index (χ1v) is 11.0. The van der Waals surface area contributed by atoms with Crippen LogP contribution in [0.4, 0.5) is 5.82 Å². The number of rotatable bonds is 6. The van der Waals surface area contributed by atoms with Gasteiger partial charge in [0.1, 0.15) is 24.4 Å². The fourth-order valence-electron chi connectivity index (χ4n) is 4.50. The Hall–Kier alpha value is -3.42. The van der Waals surface area contributed by atoms with Crippen molar-refractivity contribution in [2.24, 2.45) is 0 Å². The van der Waals surface area contributed by atoms with E-state index in [-0.39, 0.29) is 6.61 Å². The molecule has 0 unspecified atom stereocenters. The molecule has 7 heteroatoms. The molecule has 2 N–H and O–H groups in total. The van der Waals surface area contributed by atoms with Crippen molar-refractivity contribution in [1.29, 1.82) is 0 Å². The Morgan fingerprint density at radius 1 is 1.00 bits per heavy atom. The highest BCUT2D eigenvalue weighted by molar-refractivity contribution is 6.02. The molecule has 0 amide bonds. The number of nitrogens with one attached hydrogen (secondary N) is 1. The monoisotopic (exact) mass is 430 g/mol. The summed E-state index contributed by atoms with van der Waals surface area (Å²) in [5.74, 6) is 1.80. The molecule has 1 saturated heterocycles. The highest BCUT2D eigenvalue weighted by atomic mass is 16.5. The molecule has 164 valence electrons. The largest absolute Gasteiger partial charge is 0.497 e. The van der Waals surface area contributed by atoms with E-state index in [2.05, 4.69) is 39.9 Å². The molecule has 0 aliphatic carbocycles. The number of hydrogen-bond donors (Lipinski definition) is 2. The van der Waals surface area contributed by atoms with Crippen molar-refractivity contribution >= 4 is 16.9 Å². The molecule has 32 heavy (non-hydrogen) atoms. The van der Waals surface area contributed by atoms with Gasteiger partial charge in [-0.2, -0.15) is 0 Å². The third-order valence-corrected chi connectivity index (χ3v) is 6.23. The Kier molecular flexibility index (Phi) is 5.75. The molecular weight excluding hydrogens is 402 g/mol. The van der Waals surface area contributed by atoms with Crippen LogP contribution >= 0.6 is 0 Å². The number of piperazine rings is 1. The number of aliphatic hydroxyl groups excluding tert-OH is 1. The number of benzene rings is 2. The first kappa shape index (κ1) is 20.5. The summed E-state index contributed by atoms with van der Waals surface area (Å²) in [5.41, 5.74) is 4.19. The first-order chi connectivity index (χ1) is 15.8. The van der Waals surface area contributed by atoms with Crippen LogP contribution < -0.4 is 14.5 Å². The lowest BCUT2D eigenvalue weighted by atomic mass is 10.1. The molecular formula is C25H28N5O2+. The summed E-state index contributed by atoms with van der Waals surface area (Å²) in [6, 6.07) is 18.5. The van der Waals surface area contributed by atoms with Crippen molar-refractivity contribution in [3.05, 3.63) is 67.1 Å². The minimum Gasteiger partial charge on any atom is -0.497 e. The second kappa shape index (κ2) is 8.98. The van der Waals surface area contributed by atoms with Crippen LogP contribution in [0.25, 0.3) is 27.8 Å². The van der Waals surface area contributed by atoms with Crippen LogP contribution in [0.3, 0.4) is 0 Å². The average Bonchev–Trinajstić information content (AvgIpc) is 3.25. The minimum atomic E-state index is 0.232. The molecule has 7 nitrogen and oxygen atoms in total. The molecule has 4 aromatic rings. The smallest absolute Gasteiger partial charge is 0.150 e. The quantitative estimate of drug-likeness (QED) is 0.488. The van der Waals surface area contributed by atoms with Crippen LogP contribution in [-0.2, 0) is 0 Å². The molecule has 0 bridgehead atoms. The van der Waals surface area contributed by atoms with Crippen LogP contribution in [0.5, 0.6) is 5.75 Å². The molecule has 0 spiro atoms. The molecule has 5 rings (SSSR count). The summed E-state index contributed by atoms with van der Waals surface area (Å²) < 4.78 is 7.47. The molecule has 1 fully saturated rings. The Labute approximate surface area is 187 Å². The van der Waals surface area contributed by atoms with Gasteiger partial charge in [0.05, 0.1) is 45.3 Å². The van der Waals surface area contributed by atoms with Crippen LogP contribution in [-0.4, -0.2) is 66.1 Å². The molecule has 0 radical (unpaired) electrons. The fraction of sp³-hybridized carbons (Fsp3) is 0.280. The Morgan fingerprint density at radius 2 is 1.75 bits per heavy atom. The topological polar surface area (TPSA) is 67.8 Å². The lowest BCUT2D eigenvalue weighted by molar-refractivity contribution is -0.900. The molecule has 1 aliphatic heterocycles. The average molecular weight is 431 g/mol. The van der Waals surface area contributed by atoms with E-state index >= 15 is 0 Å². The Bertz CT molecular complexity index is 1180. The van der Waals surface area contributed by atoms with Crippen LogP contribution in [0.2, 0.25) is 0 Å². The van der Waals surface area contributed by atoms with E-state index in [0.717, 1.165) is 72.1 Å². The molecule has 1 aliphatic rings. The number of quaternary nitrogens is 1. The molecule has 3 heterocycles. The molecule has 2 aromatic heterocycles. The zero-order chi connectivity index (χ0) is 21.9. The van der Waals surface area contributed by atoms with Gasteiger partial charge in [-0.1, -0.05) is 30.3 Å². The van der Waals surface area contributed by atoms with Gasteiger partial charge in [0, 0.05) is 17.4 Å². The maximum Gasteiger partial charge on any atom is 0.150 e. The van der Waals surface area contributed by atoms with E-state index < -0.39 is 0 Å². The van der Waals surface area contributed by atoms with Gasteiger partial charge in [-0.15, -0.1) is 0 Å². The highest BCUT2D eigenvalue weighted by Gasteiger charge is 2.25. The summed E-state index contributed by atoms with van der Waals surface area (Å²) in [6.45, 7) is 4.83. The Morgan fingerprint density at radius 3 is 2.44 bits per heavy atom. The predicted octanol–water partition coefficient (Wildman–Crippen LogP) is 1.79. The number of methoxy groups -OCH3 is 1. The minimum absolute atomic E-state index is 0.232. The first-order valence-electron chi connectivity index (χ1n) is 11.0. The maximum absolute atomic E-state index is 9.28. The van der Waals surface area contributed by atoms with Gasteiger partial charge in [-0.05, 0) is 29.8 Å². The van der Waals surface area contributed by atoms with E-state index in [1.807, 2.05) is 30.3 Å². The SMILES string of the molecule is COc1ccc(-n2cc(-c3ccccc3)c3c(N4CC[NH+](CCO)CC4)ncnc32)cc1. The third-order valence-electron chi connectivity index (χ3n) is 6.23. The predicted molar refractivity (Wildman–Crippen MR) is 126 cm³/mol. The maximum atomic E-state index is 9.28. The van der Waals surface area contributed by atoms with Gasteiger partial charge >= 0.3 is 0 Å². The van der Waals surface area contributed by atoms with Crippen LogP contribution in [0.1, 0.15) is 0 Å². The zero-order valence-electron chi connectivity index (χ0n) is 18.2. The Balaban J connectivity index is 1.63. The van der Waals surface area contributed by atoms with Crippen LogP contribution in [0.15, 0.2) is 67.1 Å². The molecule has 0 saturated carbocycles. The lowest BCUT2D eigenvalue weighted by Crippen LogP contribution is -3.15. The third kappa shape index (κ3) is 3.81. The number of anilines is 1. The van der Waals surface area contributed by atoms with Gasteiger partial charge in [0.25, 0.3) is 0 Å². The number of aliphatic hydroxyl groups is 1. The van der Waals surface area contributed by atoms with E-state index in [1.165, 1.54) is 4.90 Å². The van der Waals surface area contributed by atoms with E-state index in [1.54, 1.807) is 13.4 Å². The summed E-state index contributed by atoms with van der Waals surface area (Å²) in [6.07, 6.45) is 3.83. The van der Waals surface area contributed by atoms with Crippen LogP contribution in [0, 0.1) is 0 Å². The number of aromatic nitrogens is 3. The van der Waals surface area contributed by atoms with Crippen molar-refractivity contribution in [1.82, 2.24) is 14.5 Å². The lowest BCUT2D eigenvalue weighted by Gasteiger charge is -2.33. The number of ether oxygens (including phenoxy) is 1. The summed E-state index contributed by atoms with van der Waals surface area (Å²) in [4.78, 5) is 13.2. The van der Waals surface area contributed by atoms with Gasteiger partial charge in [0.2, 0.25) is 0 Å². The van der Waals surface area contributed by atoms with Crippen molar-refractivity contribution < 1.29 is 14.7 Å². The van der Waals surface area contributed by atoms with Gasteiger partial charge < -0.3 is 24.2 Å². The van der Waals surface area contributed by atoms with Gasteiger partial charge in [-0.3, -0.25) is 0 Å². The summed E-state index contributed by atoms with van der Waals surface area (Å²) >= 11 is 0. The highest BCUT2D eigenvalue weighted by Crippen LogP contribution is 2.36. The van der Waals surface area contributed by atoms with E-state index in [4.69, 9.17) is 14.7 Å². The second-order valence-corrected chi connectivity index (χ2v) is 8.08. The van der Waals surface area contributed by atoms with E-state index in [9.17, 15) is 5.11 Å². The van der Waals surface area contributed by atoms with E-state index in [0.29, 0.717) is 0 Å². The van der Waals surface area contributed by atoms with Crippen molar-refractivity contribution in [3.8, 4) is 22.6 Å². The second-order valence-electron chi connectivity index (χ2n) is 8.08. The summed E-state index contributed by atoms with van der Waals surface area (Å²) in [5, 5.41) is 10.4. The zero-order valence-corrected chi connectivity index (χ0v) is 18.2. The van der Waals surface area contributed by atoms with Crippen molar-refractivity contribution in [3.63, 3.8) is 0 Å². The van der Waals surface area contributed by atoms with Crippen molar-refractivity contribution in [2.75, 3.05) is 51.3 Å². The van der Waals surface area contributed by atoms with Gasteiger partial charge in [-0.25, -0.2) is 9.97 Å². The van der Waals surface area contributed by atoms with Gasteiger partial charge in [0.15, 0.2) is 5.65 Å². The standard InChI is InChI=1S/C25H27N5O2/c1-32-21-9-7-20(8-10-21)30-17-22(19-5-3-2-4-6-19)23-24(26-18-27-25(23)30)29-13-11-28(12-14-29)15-16-31/h2-10,17-18,31H,11-16H2,1H3/p+1. The summed E-state index contributed by atoms with van der Waals surface area (Å²) in [7, 11) is 1.68. The number of fused-ring (bicyclic) bond motifs is 1. The molecule has 2 aromatic carbocycles. The fourth-order valence-corrected chi connectivity index (χ4v) is 4.50. The number of nitrogens with zero attached hydrogens (tertiary/aromatic N) is 4. The molecule has 0 atom stereocenters. The van der Waals surface area contributed by atoms with Crippen molar-refractivity contribution in [2.45, 2.75) is 0 Å². The normalized spacial score (nSPS) is 14.8. The number of hydrogen-bond acceptors (Lipinski definition) is 5.